The fraction of sp³-hybridized carbons (Fsp3) is 0.524. The lowest BCUT2D eigenvalue weighted by Gasteiger charge is -2.35. The Balaban J connectivity index is 1.79. The molecule has 4 heteroatoms. The molecule has 5 rings (SSSR count). The zero-order valence-electron chi connectivity index (χ0n) is 29.4. The summed E-state index contributed by atoms with van der Waals surface area (Å²) in [5.74, 6) is 3.83. The molecular formula is C42H56O4. The van der Waals surface area contributed by atoms with E-state index in [0.29, 0.717) is 26.4 Å². The first-order valence-electron chi connectivity index (χ1n) is 18.3. The minimum Gasteiger partial charge on any atom is -0.492 e. The van der Waals surface area contributed by atoms with E-state index < -0.39 is 0 Å². The van der Waals surface area contributed by atoms with Crippen LogP contribution in [0.3, 0.4) is 0 Å². The van der Waals surface area contributed by atoms with E-state index >= 15 is 0 Å². The fourth-order valence-electron chi connectivity index (χ4n) is 6.68. The van der Waals surface area contributed by atoms with Gasteiger partial charge in [0.2, 0.25) is 0 Å². The van der Waals surface area contributed by atoms with Crippen molar-refractivity contribution in [2.24, 2.45) is 0 Å². The quantitative estimate of drug-likeness (QED) is 0.0807. The number of unbranched alkanes of at least 4 members (excludes halogenated alkanes) is 8. The van der Waals surface area contributed by atoms with Gasteiger partial charge in [-0.2, -0.15) is 0 Å². The highest BCUT2D eigenvalue weighted by molar-refractivity contribution is 6.24. The summed E-state index contributed by atoms with van der Waals surface area (Å²) in [5.41, 5.74) is 6.93. The number of fused-ring (bicyclic) bond motifs is 6. The topological polar surface area (TPSA) is 36.9 Å². The van der Waals surface area contributed by atoms with Crippen LogP contribution in [0.25, 0.3) is 43.8 Å². The normalized spacial score (nSPS) is 11.8. The second-order valence-corrected chi connectivity index (χ2v) is 13.1. The van der Waals surface area contributed by atoms with Gasteiger partial charge in [0.05, 0.1) is 26.4 Å². The van der Waals surface area contributed by atoms with Crippen molar-refractivity contribution in [2.75, 3.05) is 26.4 Å². The van der Waals surface area contributed by atoms with Gasteiger partial charge in [0.25, 0.3) is 0 Å². The minimum absolute atomic E-state index is 0.690. The van der Waals surface area contributed by atoms with Crippen molar-refractivity contribution in [3.63, 3.8) is 0 Å². The third kappa shape index (κ3) is 7.11. The highest BCUT2D eigenvalue weighted by Gasteiger charge is 2.40. The maximum atomic E-state index is 6.82. The molecule has 1 aliphatic rings. The number of ether oxygens (including phenoxy) is 4. The van der Waals surface area contributed by atoms with Crippen molar-refractivity contribution < 1.29 is 18.9 Å². The molecule has 0 aromatic heterocycles. The van der Waals surface area contributed by atoms with E-state index in [4.69, 9.17) is 18.9 Å². The molecule has 4 aromatic carbocycles. The standard InChI is InChI=1S/C42H56O4/c1-7-11-15-23-43-39-31-21-19-29(5)27-33(31)41(45-25-17-13-9-3)37-35(39)38-36(37)40(44-24-16-12-8-2)32-22-20-30(6)28-34(32)42(38)46-26-18-14-10-4/h19-22,27-28H,7-18,23-26H2,1-6H3. The Morgan fingerprint density at radius 1 is 0.370 bits per heavy atom. The Labute approximate surface area is 277 Å². The highest BCUT2D eigenvalue weighted by Crippen LogP contribution is 2.67. The van der Waals surface area contributed by atoms with Crippen molar-refractivity contribution in [1.29, 1.82) is 0 Å². The average Bonchev–Trinajstić information content (AvgIpc) is 3.04. The van der Waals surface area contributed by atoms with Crippen LogP contribution in [0.2, 0.25) is 0 Å². The fourth-order valence-corrected chi connectivity index (χ4v) is 6.68. The molecule has 0 amide bonds. The van der Waals surface area contributed by atoms with Crippen LogP contribution in [-0.2, 0) is 0 Å². The van der Waals surface area contributed by atoms with Crippen molar-refractivity contribution >= 4 is 21.5 Å². The Kier molecular flexibility index (Phi) is 12.1. The van der Waals surface area contributed by atoms with Crippen molar-refractivity contribution in [3.8, 4) is 45.3 Å². The second-order valence-electron chi connectivity index (χ2n) is 13.1. The zero-order valence-corrected chi connectivity index (χ0v) is 29.4. The largest absolute Gasteiger partial charge is 0.492 e. The Morgan fingerprint density at radius 2 is 0.652 bits per heavy atom. The maximum absolute atomic E-state index is 6.82. The van der Waals surface area contributed by atoms with Gasteiger partial charge in [0.15, 0.2) is 0 Å². The molecule has 0 unspecified atom stereocenters. The smallest absolute Gasteiger partial charge is 0.136 e. The van der Waals surface area contributed by atoms with E-state index in [0.717, 1.165) is 144 Å². The van der Waals surface area contributed by atoms with Gasteiger partial charge in [0.1, 0.15) is 23.0 Å². The van der Waals surface area contributed by atoms with E-state index in [2.05, 4.69) is 77.9 Å². The second kappa shape index (κ2) is 16.4. The molecule has 0 saturated heterocycles. The molecule has 46 heavy (non-hydrogen) atoms. The third-order valence-corrected chi connectivity index (χ3v) is 9.21. The predicted molar refractivity (Wildman–Crippen MR) is 195 cm³/mol. The Hall–Kier alpha value is -3.40. The molecule has 1 aliphatic carbocycles. The number of benzene rings is 4. The highest BCUT2D eigenvalue weighted by atomic mass is 16.5. The molecule has 248 valence electrons. The first kappa shape index (κ1) is 33.9. The van der Waals surface area contributed by atoms with Crippen LogP contribution in [0.15, 0.2) is 36.4 Å². The van der Waals surface area contributed by atoms with Gasteiger partial charge in [-0.25, -0.2) is 0 Å². The lowest BCUT2D eigenvalue weighted by molar-refractivity contribution is 0.298. The molecule has 0 spiro atoms. The van der Waals surface area contributed by atoms with Gasteiger partial charge in [-0.15, -0.1) is 0 Å². The predicted octanol–water partition coefficient (Wildman–Crippen LogP) is 12.5. The molecule has 0 radical (unpaired) electrons. The molecular weight excluding hydrogens is 568 g/mol. The average molecular weight is 625 g/mol. The van der Waals surface area contributed by atoms with Crippen LogP contribution in [0.1, 0.15) is 116 Å². The summed E-state index contributed by atoms with van der Waals surface area (Å²) in [7, 11) is 0. The molecule has 0 heterocycles. The summed E-state index contributed by atoms with van der Waals surface area (Å²) in [5, 5.41) is 4.47. The van der Waals surface area contributed by atoms with Gasteiger partial charge in [0, 0.05) is 43.8 Å². The zero-order chi connectivity index (χ0) is 32.5. The molecule has 0 N–H and O–H groups in total. The Morgan fingerprint density at radius 3 is 0.935 bits per heavy atom. The minimum atomic E-state index is 0.690. The number of aryl methyl sites for hydroxylation is 2. The van der Waals surface area contributed by atoms with Crippen LogP contribution >= 0.6 is 0 Å². The molecule has 0 saturated carbocycles. The lowest BCUT2D eigenvalue weighted by atomic mass is 9.74. The van der Waals surface area contributed by atoms with Crippen molar-refractivity contribution in [3.05, 3.63) is 47.5 Å². The SMILES string of the molecule is CCCCCOc1c2c(c(OCCCCC)c3cc(C)ccc13)-c1c-2c(OCCCCC)c2cc(C)ccc2c1OCCCCC. The molecule has 0 fully saturated rings. The molecule has 0 atom stereocenters. The van der Waals surface area contributed by atoms with Crippen molar-refractivity contribution in [1.82, 2.24) is 0 Å². The van der Waals surface area contributed by atoms with E-state index in [1.807, 2.05) is 0 Å². The van der Waals surface area contributed by atoms with Gasteiger partial charge < -0.3 is 18.9 Å². The summed E-state index contributed by atoms with van der Waals surface area (Å²) in [6, 6.07) is 13.4. The summed E-state index contributed by atoms with van der Waals surface area (Å²) < 4.78 is 27.3. The summed E-state index contributed by atoms with van der Waals surface area (Å²) in [6.45, 7) is 16.0. The summed E-state index contributed by atoms with van der Waals surface area (Å²) >= 11 is 0. The third-order valence-electron chi connectivity index (χ3n) is 9.21. The van der Waals surface area contributed by atoms with Crippen molar-refractivity contribution in [2.45, 2.75) is 119 Å². The molecule has 0 bridgehead atoms. The van der Waals surface area contributed by atoms with Crippen LogP contribution < -0.4 is 18.9 Å². The monoisotopic (exact) mass is 624 g/mol. The van der Waals surface area contributed by atoms with E-state index in [-0.39, 0.29) is 0 Å². The van der Waals surface area contributed by atoms with Gasteiger partial charge in [-0.3, -0.25) is 0 Å². The van der Waals surface area contributed by atoms with Gasteiger partial charge >= 0.3 is 0 Å². The first-order valence-corrected chi connectivity index (χ1v) is 18.3. The Bertz CT molecular complexity index is 1480. The van der Waals surface area contributed by atoms with E-state index in [9.17, 15) is 0 Å². The first-order chi connectivity index (χ1) is 22.5. The van der Waals surface area contributed by atoms with Crippen LogP contribution in [-0.4, -0.2) is 26.4 Å². The summed E-state index contributed by atoms with van der Waals surface area (Å²) in [4.78, 5) is 0. The van der Waals surface area contributed by atoms with Gasteiger partial charge in [-0.05, 0) is 51.7 Å². The number of hydrogen-bond donors (Lipinski definition) is 0. The summed E-state index contributed by atoms with van der Waals surface area (Å²) in [6.07, 6.45) is 13.4. The molecule has 4 nitrogen and oxygen atoms in total. The van der Waals surface area contributed by atoms with E-state index in [1.54, 1.807) is 0 Å². The molecule has 0 aliphatic heterocycles. The van der Waals surface area contributed by atoms with Crippen LogP contribution in [0.4, 0.5) is 0 Å². The maximum Gasteiger partial charge on any atom is 0.136 e. The van der Waals surface area contributed by atoms with E-state index in [1.165, 1.54) is 11.1 Å². The van der Waals surface area contributed by atoms with Gasteiger partial charge in [-0.1, -0.05) is 114 Å². The van der Waals surface area contributed by atoms with Crippen LogP contribution in [0, 0.1) is 13.8 Å². The number of hydrogen-bond acceptors (Lipinski definition) is 4. The van der Waals surface area contributed by atoms with Crippen LogP contribution in [0.5, 0.6) is 23.0 Å². The lowest BCUT2D eigenvalue weighted by Crippen LogP contribution is -2.14. The molecule has 4 aromatic rings. The number of rotatable bonds is 20.